The standard InChI is InChI=1S/C7H9N3O.ClH/c8-5-2-1-4(7(10)11)3-6(5)9;/h1-3H,8-9H2,(H2,10,11);1H. The largest absolute Gasteiger partial charge is 0.397 e. The molecule has 0 unspecified atom stereocenters. The van der Waals surface area contributed by atoms with Crippen molar-refractivity contribution in [1.29, 1.82) is 0 Å². The Hall–Kier alpha value is -1.42. The van der Waals surface area contributed by atoms with Crippen LogP contribution in [0.1, 0.15) is 10.4 Å². The first-order valence-corrected chi connectivity index (χ1v) is 3.06. The van der Waals surface area contributed by atoms with Gasteiger partial charge in [-0.2, -0.15) is 0 Å². The Morgan fingerprint density at radius 3 is 2.17 bits per heavy atom. The fourth-order valence-electron chi connectivity index (χ4n) is 0.728. The van der Waals surface area contributed by atoms with Gasteiger partial charge in [0, 0.05) is 5.56 Å². The van der Waals surface area contributed by atoms with Gasteiger partial charge in [0.2, 0.25) is 5.91 Å². The molecule has 1 aromatic rings. The molecule has 0 saturated carbocycles. The van der Waals surface area contributed by atoms with E-state index in [-0.39, 0.29) is 12.4 Å². The molecule has 5 heteroatoms. The summed E-state index contributed by atoms with van der Waals surface area (Å²) in [6, 6.07) is 4.54. The summed E-state index contributed by atoms with van der Waals surface area (Å²) < 4.78 is 0. The fourth-order valence-corrected chi connectivity index (χ4v) is 0.728. The maximum Gasteiger partial charge on any atom is 0.248 e. The normalized spacial score (nSPS) is 8.67. The van der Waals surface area contributed by atoms with Crippen molar-refractivity contribution in [2.24, 2.45) is 5.73 Å². The average molecular weight is 188 g/mol. The van der Waals surface area contributed by atoms with Crippen LogP contribution in [0, 0.1) is 0 Å². The van der Waals surface area contributed by atoms with E-state index in [0.29, 0.717) is 16.9 Å². The third kappa shape index (κ3) is 2.03. The minimum absolute atomic E-state index is 0. The van der Waals surface area contributed by atoms with Gasteiger partial charge in [-0.05, 0) is 18.2 Å². The highest BCUT2D eigenvalue weighted by Gasteiger charge is 2.01. The van der Waals surface area contributed by atoms with Crippen LogP contribution < -0.4 is 17.2 Å². The number of amides is 1. The second-order valence-corrected chi connectivity index (χ2v) is 2.21. The SMILES string of the molecule is Cl.NC(=O)c1ccc(N)c(N)c1. The van der Waals surface area contributed by atoms with Crippen molar-refractivity contribution in [3.8, 4) is 0 Å². The number of anilines is 2. The third-order valence-electron chi connectivity index (χ3n) is 1.37. The van der Waals surface area contributed by atoms with Crippen LogP contribution in [0.4, 0.5) is 11.4 Å². The summed E-state index contributed by atoms with van der Waals surface area (Å²) >= 11 is 0. The number of hydrogen-bond donors (Lipinski definition) is 3. The number of benzene rings is 1. The minimum Gasteiger partial charge on any atom is -0.397 e. The predicted molar refractivity (Wildman–Crippen MR) is 51.0 cm³/mol. The van der Waals surface area contributed by atoms with E-state index in [0.717, 1.165) is 0 Å². The second kappa shape index (κ2) is 3.82. The van der Waals surface area contributed by atoms with E-state index in [2.05, 4.69) is 0 Å². The molecule has 0 radical (unpaired) electrons. The molecule has 0 spiro atoms. The zero-order valence-electron chi connectivity index (χ0n) is 6.28. The molecule has 4 nitrogen and oxygen atoms in total. The van der Waals surface area contributed by atoms with Gasteiger partial charge in [-0.25, -0.2) is 0 Å². The van der Waals surface area contributed by atoms with Gasteiger partial charge in [-0.3, -0.25) is 4.79 Å². The van der Waals surface area contributed by atoms with Crippen molar-refractivity contribution in [1.82, 2.24) is 0 Å². The van der Waals surface area contributed by atoms with Gasteiger partial charge >= 0.3 is 0 Å². The van der Waals surface area contributed by atoms with Crippen LogP contribution in [0.15, 0.2) is 18.2 Å². The molecule has 0 fully saturated rings. The minimum atomic E-state index is -0.503. The van der Waals surface area contributed by atoms with Gasteiger partial charge in [0.05, 0.1) is 11.4 Å². The molecule has 0 bridgehead atoms. The lowest BCUT2D eigenvalue weighted by Crippen LogP contribution is -2.11. The van der Waals surface area contributed by atoms with E-state index >= 15 is 0 Å². The maximum absolute atomic E-state index is 10.6. The zero-order valence-corrected chi connectivity index (χ0v) is 7.10. The van der Waals surface area contributed by atoms with Crippen LogP contribution in [0.5, 0.6) is 0 Å². The zero-order chi connectivity index (χ0) is 8.43. The summed E-state index contributed by atoms with van der Waals surface area (Å²) in [4.78, 5) is 10.6. The fraction of sp³-hybridized carbons (Fsp3) is 0. The van der Waals surface area contributed by atoms with Crippen molar-refractivity contribution in [2.45, 2.75) is 0 Å². The Labute approximate surface area is 76.1 Å². The Morgan fingerprint density at radius 1 is 1.17 bits per heavy atom. The summed E-state index contributed by atoms with van der Waals surface area (Å²) in [7, 11) is 0. The molecule has 1 aromatic carbocycles. The molecule has 0 aliphatic carbocycles. The van der Waals surface area contributed by atoms with E-state index in [1.165, 1.54) is 12.1 Å². The topological polar surface area (TPSA) is 95.1 Å². The predicted octanol–water partition coefficient (Wildman–Crippen LogP) is 0.372. The number of halogens is 1. The molecule has 1 amide bonds. The lowest BCUT2D eigenvalue weighted by molar-refractivity contribution is 0.100. The van der Waals surface area contributed by atoms with E-state index in [1.807, 2.05) is 0 Å². The molecule has 12 heavy (non-hydrogen) atoms. The van der Waals surface area contributed by atoms with Crippen molar-refractivity contribution < 1.29 is 4.79 Å². The highest BCUT2D eigenvalue weighted by molar-refractivity contribution is 5.94. The summed E-state index contributed by atoms with van der Waals surface area (Å²) in [5.41, 5.74) is 17.0. The summed E-state index contributed by atoms with van der Waals surface area (Å²) in [6.07, 6.45) is 0. The van der Waals surface area contributed by atoms with Gasteiger partial charge in [0.25, 0.3) is 0 Å². The number of primary amides is 1. The number of hydrogen-bond acceptors (Lipinski definition) is 3. The molecular formula is C7H10ClN3O. The van der Waals surface area contributed by atoms with Crippen LogP contribution in [-0.2, 0) is 0 Å². The lowest BCUT2D eigenvalue weighted by atomic mass is 10.2. The van der Waals surface area contributed by atoms with E-state index in [9.17, 15) is 4.79 Å². The lowest BCUT2D eigenvalue weighted by Gasteiger charge is -2.00. The maximum atomic E-state index is 10.6. The molecule has 0 aromatic heterocycles. The van der Waals surface area contributed by atoms with E-state index in [1.54, 1.807) is 6.07 Å². The van der Waals surface area contributed by atoms with Crippen LogP contribution in [0.2, 0.25) is 0 Å². The summed E-state index contributed by atoms with van der Waals surface area (Å²) in [6.45, 7) is 0. The van der Waals surface area contributed by atoms with Crippen molar-refractivity contribution >= 4 is 29.7 Å². The van der Waals surface area contributed by atoms with Gasteiger partial charge in [-0.15, -0.1) is 12.4 Å². The highest BCUT2D eigenvalue weighted by Crippen LogP contribution is 2.15. The first-order chi connectivity index (χ1) is 5.11. The van der Waals surface area contributed by atoms with Gasteiger partial charge in [0.15, 0.2) is 0 Å². The molecule has 0 saturated heterocycles. The number of carbonyl (C=O) groups is 1. The van der Waals surface area contributed by atoms with Crippen LogP contribution in [0.25, 0.3) is 0 Å². The monoisotopic (exact) mass is 187 g/mol. The number of rotatable bonds is 1. The molecule has 0 aliphatic heterocycles. The molecule has 0 atom stereocenters. The average Bonchev–Trinajstić information content (AvgIpc) is 1.94. The smallest absolute Gasteiger partial charge is 0.248 e. The van der Waals surface area contributed by atoms with Gasteiger partial charge < -0.3 is 17.2 Å². The first-order valence-electron chi connectivity index (χ1n) is 3.06. The Morgan fingerprint density at radius 2 is 1.75 bits per heavy atom. The highest BCUT2D eigenvalue weighted by atomic mass is 35.5. The summed E-state index contributed by atoms with van der Waals surface area (Å²) in [5.74, 6) is -0.503. The van der Waals surface area contributed by atoms with Crippen molar-refractivity contribution in [2.75, 3.05) is 11.5 Å². The third-order valence-corrected chi connectivity index (χ3v) is 1.37. The number of nitrogens with two attached hydrogens (primary N) is 3. The Kier molecular flexibility index (Phi) is 3.37. The van der Waals surface area contributed by atoms with E-state index in [4.69, 9.17) is 17.2 Å². The quantitative estimate of drug-likeness (QED) is 0.555. The molecular weight excluding hydrogens is 178 g/mol. The Balaban J connectivity index is 0.00000121. The van der Waals surface area contributed by atoms with Crippen LogP contribution in [-0.4, -0.2) is 5.91 Å². The van der Waals surface area contributed by atoms with E-state index < -0.39 is 5.91 Å². The van der Waals surface area contributed by atoms with Gasteiger partial charge in [0.1, 0.15) is 0 Å². The van der Waals surface area contributed by atoms with Crippen LogP contribution >= 0.6 is 12.4 Å². The number of carbonyl (C=O) groups excluding carboxylic acids is 1. The Bertz CT molecular complexity index is 301. The summed E-state index contributed by atoms with van der Waals surface area (Å²) in [5, 5.41) is 0. The van der Waals surface area contributed by atoms with Gasteiger partial charge in [-0.1, -0.05) is 0 Å². The molecule has 66 valence electrons. The molecule has 6 N–H and O–H groups in total. The van der Waals surface area contributed by atoms with Crippen LogP contribution in [0.3, 0.4) is 0 Å². The second-order valence-electron chi connectivity index (χ2n) is 2.21. The van der Waals surface area contributed by atoms with Crippen molar-refractivity contribution in [3.05, 3.63) is 23.8 Å². The first kappa shape index (κ1) is 10.6. The molecule has 0 heterocycles. The molecule has 0 aliphatic rings. The molecule has 1 rings (SSSR count). The number of nitrogen functional groups attached to an aromatic ring is 2. The van der Waals surface area contributed by atoms with Crippen molar-refractivity contribution in [3.63, 3.8) is 0 Å².